The van der Waals surface area contributed by atoms with Crippen molar-refractivity contribution in [1.82, 2.24) is 20.1 Å². The molecule has 0 spiro atoms. The van der Waals surface area contributed by atoms with Gasteiger partial charge in [0.15, 0.2) is 5.78 Å². The molecule has 1 aliphatic carbocycles. The maximum absolute atomic E-state index is 13.1. The molecule has 0 unspecified atom stereocenters. The number of rotatable bonds is 1. The van der Waals surface area contributed by atoms with Gasteiger partial charge in [-0.25, -0.2) is 0 Å². The predicted octanol–water partition coefficient (Wildman–Crippen LogP) is 0.0983. The maximum Gasteiger partial charge on any atom is 0.256 e. The second-order valence-corrected chi connectivity index (χ2v) is 6.85. The van der Waals surface area contributed by atoms with Crippen LogP contribution in [0.25, 0.3) is 0 Å². The van der Waals surface area contributed by atoms with Crippen molar-refractivity contribution >= 4 is 17.6 Å². The van der Waals surface area contributed by atoms with Gasteiger partial charge in [0.05, 0.1) is 11.1 Å². The summed E-state index contributed by atoms with van der Waals surface area (Å²) in [6.07, 6.45) is 2.15. The summed E-state index contributed by atoms with van der Waals surface area (Å²) in [5.74, 6) is -0.0843. The lowest BCUT2D eigenvalue weighted by Crippen LogP contribution is -2.64. The number of carbonyl (C=O) groups is 3. The number of nitrogens with one attached hydrogen (secondary N) is 2. The maximum atomic E-state index is 13.1. The summed E-state index contributed by atoms with van der Waals surface area (Å²) in [4.78, 5) is 44.6. The molecule has 4 rings (SSSR count). The van der Waals surface area contributed by atoms with Crippen molar-refractivity contribution in [3.05, 3.63) is 22.5 Å². The Morgan fingerprint density at radius 1 is 1.17 bits per heavy atom. The zero-order valence-electron chi connectivity index (χ0n) is 13.9. The molecular weight excluding hydrogens is 308 g/mol. The number of ketones is 1. The molecule has 2 amide bonds. The third-order valence-corrected chi connectivity index (χ3v) is 5.37. The van der Waals surface area contributed by atoms with Gasteiger partial charge in [-0.05, 0) is 19.8 Å². The molecule has 2 aliphatic heterocycles. The van der Waals surface area contributed by atoms with Gasteiger partial charge in [-0.15, -0.1) is 0 Å². The Morgan fingerprint density at radius 3 is 2.83 bits per heavy atom. The highest BCUT2D eigenvalue weighted by molar-refractivity contribution is 6.10. The minimum absolute atomic E-state index is 0.0114. The van der Waals surface area contributed by atoms with Crippen molar-refractivity contribution in [1.29, 1.82) is 0 Å². The standard InChI is InChI=1S/C17H22N4O3/c1-10-14(15-11(19-10)3-2-4-13(15)22)17(24)21-8-7-20-6-5-18-16(23)12(20)9-21/h12,19H,2-9H2,1H3,(H,18,23)/t12-/m1/s1. The Bertz CT molecular complexity index is 724. The van der Waals surface area contributed by atoms with E-state index in [0.29, 0.717) is 43.7 Å². The van der Waals surface area contributed by atoms with Crippen LogP contribution in [0.2, 0.25) is 0 Å². The molecule has 3 heterocycles. The number of aromatic amines is 1. The van der Waals surface area contributed by atoms with E-state index in [0.717, 1.165) is 30.8 Å². The molecular formula is C17H22N4O3. The lowest BCUT2D eigenvalue weighted by molar-refractivity contribution is -0.131. The fourth-order valence-corrected chi connectivity index (χ4v) is 4.12. The number of H-pyrrole nitrogens is 1. The van der Waals surface area contributed by atoms with E-state index >= 15 is 0 Å². The van der Waals surface area contributed by atoms with Gasteiger partial charge >= 0.3 is 0 Å². The number of amides is 2. The summed E-state index contributed by atoms with van der Waals surface area (Å²) < 4.78 is 0. The molecule has 24 heavy (non-hydrogen) atoms. The highest BCUT2D eigenvalue weighted by atomic mass is 16.2. The van der Waals surface area contributed by atoms with Gasteiger partial charge < -0.3 is 15.2 Å². The average Bonchev–Trinajstić information content (AvgIpc) is 2.91. The highest BCUT2D eigenvalue weighted by Crippen LogP contribution is 2.28. The van der Waals surface area contributed by atoms with Crippen LogP contribution < -0.4 is 5.32 Å². The molecule has 7 nitrogen and oxygen atoms in total. The van der Waals surface area contributed by atoms with Crippen LogP contribution in [0.5, 0.6) is 0 Å². The normalized spacial score (nSPS) is 24.4. The highest BCUT2D eigenvalue weighted by Gasteiger charge is 2.38. The molecule has 7 heteroatoms. The van der Waals surface area contributed by atoms with Crippen molar-refractivity contribution in [2.24, 2.45) is 0 Å². The first-order chi connectivity index (χ1) is 11.6. The number of Topliss-reactive ketones (excluding diaryl/α,β-unsaturated/α-hetero) is 1. The minimum Gasteiger partial charge on any atom is -0.361 e. The van der Waals surface area contributed by atoms with Crippen LogP contribution in [0, 0.1) is 6.92 Å². The minimum atomic E-state index is -0.276. The lowest BCUT2D eigenvalue weighted by atomic mass is 9.92. The zero-order valence-corrected chi connectivity index (χ0v) is 13.9. The molecule has 128 valence electrons. The summed E-state index contributed by atoms with van der Waals surface area (Å²) >= 11 is 0. The van der Waals surface area contributed by atoms with Crippen molar-refractivity contribution in [2.75, 3.05) is 32.7 Å². The number of hydrogen-bond donors (Lipinski definition) is 2. The first-order valence-electron chi connectivity index (χ1n) is 8.62. The number of aryl methyl sites for hydroxylation is 2. The molecule has 2 fully saturated rings. The predicted molar refractivity (Wildman–Crippen MR) is 87.1 cm³/mol. The molecule has 1 aromatic rings. The fourth-order valence-electron chi connectivity index (χ4n) is 4.12. The van der Waals surface area contributed by atoms with Crippen molar-refractivity contribution < 1.29 is 14.4 Å². The Hall–Kier alpha value is -2.15. The fraction of sp³-hybridized carbons (Fsp3) is 0.588. The van der Waals surface area contributed by atoms with Crippen LogP contribution in [0.3, 0.4) is 0 Å². The average molecular weight is 330 g/mol. The third-order valence-electron chi connectivity index (χ3n) is 5.37. The molecule has 3 aliphatic rings. The van der Waals surface area contributed by atoms with Crippen LogP contribution in [0.1, 0.15) is 44.9 Å². The van der Waals surface area contributed by atoms with Crippen LogP contribution in [-0.4, -0.2) is 71.1 Å². The van der Waals surface area contributed by atoms with E-state index in [4.69, 9.17) is 0 Å². The summed E-state index contributed by atoms with van der Waals surface area (Å²) in [6, 6.07) is -0.276. The van der Waals surface area contributed by atoms with Gasteiger partial charge in [-0.1, -0.05) is 0 Å². The Kier molecular flexibility index (Phi) is 3.68. The number of piperazine rings is 2. The van der Waals surface area contributed by atoms with Crippen molar-refractivity contribution in [3.63, 3.8) is 0 Å². The molecule has 0 radical (unpaired) electrons. The van der Waals surface area contributed by atoms with Crippen LogP contribution in [-0.2, 0) is 11.2 Å². The second-order valence-electron chi connectivity index (χ2n) is 6.85. The van der Waals surface area contributed by atoms with E-state index in [2.05, 4.69) is 15.2 Å². The van der Waals surface area contributed by atoms with Crippen LogP contribution in [0.15, 0.2) is 0 Å². The largest absolute Gasteiger partial charge is 0.361 e. The summed E-state index contributed by atoms with van der Waals surface area (Å²) in [7, 11) is 0. The SMILES string of the molecule is Cc1[nH]c2c(c1C(=O)N1CCN3CCNC(=O)[C@H]3C1)C(=O)CCC2. The molecule has 1 aromatic heterocycles. The number of carbonyl (C=O) groups excluding carboxylic acids is 3. The van der Waals surface area contributed by atoms with Gasteiger partial charge in [0, 0.05) is 50.5 Å². The van der Waals surface area contributed by atoms with Gasteiger partial charge in [-0.2, -0.15) is 0 Å². The van der Waals surface area contributed by atoms with Crippen molar-refractivity contribution in [3.8, 4) is 0 Å². The molecule has 0 aromatic carbocycles. The van der Waals surface area contributed by atoms with E-state index < -0.39 is 0 Å². The van der Waals surface area contributed by atoms with Gasteiger partial charge in [-0.3, -0.25) is 19.3 Å². The summed E-state index contributed by atoms with van der Waals surface area (Å²) in [5, 5.41) is 2.86. The first kappa shape index (κ1) is 15.4. The number of hydrogen-bond acceptors (Lipinski definition) is 4. The smallest absolute Gasteiger partial charge is 0.256 e. The van der Waals surface area contributed by atoms with E-state index in [1.807, 2.05) is 6.92 Å². The number of fused-ring (bicyclic) bond motifs is 2. The lowest BCUT2D eigenvalue weighted by Gasteiger charge is -2.43. The zero-order chi connectivity index (χ0) is 16.8. The number of nitrogens with zero attached hydrogens (tertiary/aromatic N) is 2. The van der Waals surface area contributed by atoms with Crippen LogP contribution in [0.4, 0.5) is 0 Å². The first-order valence-corrected chi connectivity index (χ1v) is 8.62. The van der Waals surface area contributed by atoms with Gasteiger partial charge in [0.2, 0.25) is 5.91 Å². The van der Waals surface area contributed by atoms with E-state index in [9.17, 15) is 14.4 Å². The molecule has 0 bridgehead atoms. The summed E-state index contributed by atoms with van der Waals surface area (Å²) in [5.41, 5.74) is 2.75. The third kappa shape index (κ3) is 2.34. The van der Waals surface area contributed by atoms with Gasteiger partial charge in [0.1, 0.15) is 6.04 Å². The Balaban J connectivity index is 1.62. The molecule has 2 N–H and O–H groups in total. The quantitative estimate of drug-likeness (QED) is 0.765. The molecule has 1 atom stereocenters. The van der Waals surface area contributed by atoms with E-state index in [-0.39, 0.29) is 23.6 Å². The van der Waals surface area contributed by atoms with E-state index in [1.54, 1.807) is 4.90 Å². The topological polar surface area (TPSA) is 85.5 Å². The van der Waals surface area contributed by atoms with Crippen LogP contribution >= 0.6 is 0 Å². The molecule has 0 saturated carbocycles. The van der Waals surface area contributed by atoms with Gasteiger partial charge in [0.25, 0.3) is 5.91 Å². The second kappa shape index (κ2) is 5.73. The monoisotopic (exact) mass is 330 g/mol. The Morgan fingerprint density at radius 2 is 2.00 bits per heavy atom. The number of aromatic nitrogens is 1. The van der Waals surface area contributed by atoms with E-state index in [1.165, 1.54) is 0 Å². The summed E-state index contributed by atoms with van der Waals surface area (Å²) in [6.45, 7) is 5.03. The Labute approximate surface area is 140 Å². The van der Waals surface area contributed by atoms with Crippen molar-refractivity contribution in [2.45, 2.75) is 32.2 Å². The molecule has 2 saturated heterocycles.